The van der Waals surface area contributed by atoms with Crippen LogP contribution in [0.2, 0.25) is 0 Å². The van der Waals surface area contributed by atoms with Gasteiger partial charge in [0.25, 0.3) is 0 Å². The maximum Gasteiger partial charge on any atom is 0.0561 e. The number of nitrogens with two attached hydrogens (primary N) is 2. The molecule has 0 aromatic carbocycles. The Bertz CT molecular complexity index is 426. The summed E-state index contributed by atoms with van der Waals surface area (Å²) in [6, 6.07) is -0.0393. The third kappa shape index (κ3) is 3.04. The first-order chi connectivity index (χ1) is 10.5. The minimum absolute atomic E-state index is 0.0393. The van der Waals surface area contributed by atoms with E-state index in [1.165, 1.54) is 64.5 Å². The monoisotopic (exact) mass is 303 g/mol. The molecule has 3 rings (SSSR count). The van der Waals surface area contributed by atoms with Gasteiger partial charge in [-0.3, -0.25) is 4.90 Å². The van der Waals surface area contributed by atoms with Crippen LogP contribution in [0.3, 0.4) is 0 Å². The molecule has 3 aliphatic rings. The predicted octanol–water partition coefficient (Wildman–Crippen LogP) is 2.96. The lowest BCUT2D eigenvalue weighted by Crippen LogP contribution is -2.62. The molecule has 1 heterocycles. The Kier molecular flexibility index (Phi) is 4.77. The minimum atomic E-state index is -0.342. The summed E-state index contributed by atoms with van der Waals surface area (Å²) in [7, 11) is 0. The minimum Gasteiger partial charge on any atom is -0.323 e. The lowest BCUT2D eigenvalue weighted by molar-refractivity contribution is 0.0372. The summed E-state index contributed by atoms with van der Waals surface area (Å²) in [6.45, 7) is 4.86. The van der Waals surface area contributed by atoms with Crippen molar-refractivity contribution in [3.8, 4) is 0 Å². The maximum atomic E-state index is 6.68. The number of hydrogen-bond acceptors (Lipinski definition) is 3. The van der Waals surface area contributed by atoms with Crippen LogP contribution in [0.15, 0.2) is 24.3 Å². The van der Waals surface area contributed by atoms with E-state index >= 15 is 0 Å². The summed E-state index contributed by atoms with van der Waals surface area (Å²) in [6.07, 6.45) is 19.0. The Morgan fingerprint density at radius 2 is 1.64 bits per heavy atom. The van der Waals surface area contributed by atoms with Crippen molar-refractivity contribution in [1.82, 2.24) is 4.90 Å². The van der Waals surface area contributed by atoms with Crippen molar-refractivity contribution in [1.29, 1.82) is 0 Å². The van der Waals surface area contributed by atoms with E-state index in [4.69, 9.17) is 11.5 Å². The normalized spacial score (nSPS) is 37.1. The molecule has 3 nitrogen and oxygen atoms in total. The molecule has 124 valence electrons. The second-order valence-electron chi connectivity index (χ2n) is 7.94. The van der Waals surface area contributed by atoms with Gasteiger partial charge in [0.05, 0.1) is 5.54 Å². The van der Waals surface area contributed by atoms with Gasteiger partial charge in [-0.1, -0.05) is 50.0 Å². The van der Waals surface area contributed by atoms with Crippen molar-refractivity contribution in [2.24, 2.45) is 17.4 Å². The fourth-order valence-corrected chi connectivity index (χ4v) is 4.82. The predicted molar refractivity (Wildman–Crippen MR) is 93.6 cm³/mol. The standard InChI is InChI=1S/C19H33N3/c1-18(11-5-2-3-6-12-18)22-14-9-16(10-15-22)19(21)13-7-4-8-17(19)20/h4,7-8,13,16-17H,2-3,5-6,9-12,14-15,20-21H2,1H3. The molecule has 4 N–H and O–H groups in total. The zero-order chi connectivity index (χ0) is 15.6. The molecule has 1 saturated carbocycles. The number of rotatable bonds is 2. The smallest absolute Gasteiger partial charge is 0.0561 e. The van der Waals surface area contributed by atoms with Gasteiger partial charge in [0.15, 0.2) is 0 Å². The van der Waals surface area contributed by atoms with Gasteiger partial charge >= 0.3 is 0 Å². The van der Waals surface area contributed by atoms with E-state index < -0.39 is 0 Å². The van der Waals surface area contributed by atoms with E-state index in [1.54, 1.807) is 0 Å². The van der Waals surface area contributed by atoms with E-state index in [2.05, 4.69) is 30.1 Å². The van der Waals surface area contributed by atoms with E-state index in [0.717, 1.165) is 0 Å². The van der Waals surface area contributed by atoms with Gasteiger partial charge in [-0.25, -0.2) is 0 Å². The van der Waals surface area contributed by atoms with Crippen molar-refractivity contribution in [2.75, 3.05) is 13.1 Å². The van der Waals surface area contributed by atoms with Gasteiger partial charge in [0.1, 0.15) is 0 Å². The fraction of sp³-hybridized carbons (Fsp3) is 0.789. The van der Waals surface area contributed by atoms with E-state index in [1.807, 2.05) is 6.08 Å². The summed E-state index contributed by atoms with van der Waals surface area (Å²) < 4.78 is 0. The third-order valence-electron chi connectivity index (χ3n) is 6.54. The van der Waals surface area contributed by atoms with Crippen LogP contribution >= 0.6 is 0 Å². The van der Waals surface area contributed by atoms with Gasteiger partial charge in [-0.05, 0) is 51.6 Å². The number of allylic oxidation sites excluding steroid dienone is 2. The lowest BCUT2D eigenvalue weighted by atomic mass is 9.71. The van der Waals surface area contributed by atoms with Gasteiger partial charge in [-0.2, -0.15) is 0 Å². The van der Waals surface area contributed by atoms with E-state index in [-0.39, 0.29) is 11.6 Å². The first-order valence-electron chi connectivity index (χ1n) is 9.20. The van der Waals surface area contributed by atoms with Crippen LogP contribution < -0.4 is 11.5 Å². The highest BCUT2D eigenvalue weighted by atomic mass is 15.2. The number of likely N-dealkylation sites (tertiary alicyclic amines) is 1. The molecule has 2 aliphatic carbocycles. The Hall–Kier alpha value is -0.640. The number of hydrogen-bond donors (Lipinski definition) is 2. The summed E-state index contributed by atoms with van der Waals surface area (Å²) in [5.74, 6) is 0.509. The zero-order valence-electron chi connectivity index (χ0n) is 14.1. The fourth-order valence-electron chi connectivity index (χ4n) is 4.82. The topological polar surface area (TPSA) is 55.3 Å². The summed E-state index contributed by atoms with van der Waals surface area (Å²) >= 11 is 0. The Balaban J connectivity index is 1.62. The Morgan fingerprint density at radius 3 is 2.23 bits per heavy atom. The molecular formula is C19H33N3. The summed E-state index contributed by atoms with van der Waals surface area (Å²) in [5.41, 5.74) is 13.1. The van der Waals surface area contributed by atoms with Gasteiger partial charge < -0.3 is 11.5 Å². The van der Waals surface area contributed by atoms with Gasteiger partial charge in [0.2, 0.25) is 0 Å². The molecule has 1 saturated heterocycles. The first kappa shape index (κ1) is 16.2. The van der Waals surface area contributed by atoms with Crippen LogP contribution in [0, 0.1) is 5.92 Å². The molecule has 0 radical (unpaired) electrons. The van der Waals surface area contributed by atoms with E-state index in [0.29, 0.717) is 11.5 Å². The van der Waals surface area contributed by atoms with Crippen molar-refractivity contribution in [3.63, 3.8) is 0 Å². The van der Waals surface area contributed by atoms with Crippen LogP contribution in [-0.2, 0) is 0 Å². The van der Waals surface area contributed by atoms with Crippen LogP contribution in [0.1, 0.15) is 58.3 Å². The van der Waals surface area contributed by atoms with Crippen LogP contribution in [0.4, 0.5) is 0 Å². The molecule has 0 aromatic rings. The molecule has 0 amide bonds. The molecule has 22 heavy (non-hydrogen) atoms. The second kappa shape index (κ2) is 6.46. The largest absolute Gasteiger partial charge is 0.323 e. The molecule has 2 unspecified atom stereocenters. The highest BCUT2D eigenvalue weighted by Gasteiger charge is 2.42. The molecule has 0 aromatic heterocycles. The van der Waals surface area contributed by atoms with Crippen molar-refractivity contribution in [2.45, 2.75) is 75.4 Å². The highest BCUT2D eigenvalue weighted by molar-refractivity contribution is 5.28. The van der Waals surface area contributed by atoms with Crippen LogP contribution in [0.25, 0.3) is 0 Å². The van der Waals surface area contributed by atoms with Crippen molar-refractivity contribution < 1.29 is 0 Å². The zero-order valence-corrected chi connectivity index (χ0v) is 14.1. The number of piperidine rings is 1. The molecular weight excluding hydrogens is 270 g/mol. The second-order valence-corrected chi connectivity index (χ2v) is 7.94. The highest BCUT2D eigenvalue weighted by Crippen LogP contribution is 2.38. The van der Waals surface area contributed by atoms with Crippen molar-refractivity contribution >= 4 is 0 Å². The van der Waals surface area contributed by atoms with Crippen LogP contribution in [0.5, 0.6) is 0 Å². The third-order valence-corrected chi connectivity index (χ3v) is 6.54. The van der Waals surface area contributed by atoms with Gasteiger partial charge in [0, 0.05) is 11.6 Å². The molecule has 2 fully saturated rings. The quantitative estimate of drug-likeness (QED) is 0.771. The average Bonchev–Trinajstić information content (AvgIpc) is 2.76. The molecule has 0 spiro atoms. The molecule has 2 atom stereocenters. The molecule has 1 aliphatic heterocycles. The maximum absolute atomic E-state index is 6.68. The SMILES string of the molecule is CC1(N2CCC(C3(N)C=CC=CC3N)CC2)CCCCCC1. The average molecular weight is 303 g/mol. The lowest BCUT2D eigenvalue weighted by Gasteiger charge is -2.49. The van der Waals surface area contributed by atoms with Crippen LogP contribution in [-0.4, -0.2) is 35.1 Å². The molecule has 3 heteroatoms. The number of nitrogens with zero attached hydrogens (tertiary/aromatic N) is 1. The Labute approximate surface area is 135 Å². The summed E-state index contributed by atoms with van der Waals surface area (Å²) in [5, 5.41) is 0. The summed E-state index contributed by atoms with van der Waals surface area (Å²) in [4.78, 5) is 2.76. The van der Waals surface area contributed by atoms with Gasteiger partial charge in [-0.15, -0.1) is 0 Å². The van der Waals surface area contributed by atoms with Crippen molar-refractivity contribution in [3.05, 3.63) is 24.3 Å². The Morgan fingerprint density at radius 1 is 1.00 bits per heavy atom. The molecule has 0 bridgehead atoms. The van der Waals surface area contributed by atoms with E-state index in [9.17, 15) is 0 Å². The first-order valence-corrected chi connectivity index (χ1v) is 9.20.